The molecular weight excluding hydrogens is 268 g/mol. The van der Waals surface area contributed by atoms with Gasteiger partial charge in [0, 0.05) is 12.3 Å². The van der Waals surface area contributed by atoms with E-state index in [1.165, 1.54) is 12.3 Å². The first-order valence-electron chi connectivity index (χ1n) is 5.51. The maximum Gasteiger partial charge on any atom is 0.413 e. The van der Waals surface area contributed by atoms with Gasteiger partial charge in [-0.3, -0.25) is 10.1 Å². The van der Waals surface area contributed by atoms with Gasteiger partial charge < -0.3 is 9.72 Å². The summed E-state index contributed by atoms with van der Waals surface area (Å²) in [4.78, 5) is 25.4. The van der Waals surface area contributed by atoms with Gasteiger partial charge in [-0.15, -0.1) is 0 Å². The van der Waals surface area contributed by atoms with Crippen LogP contribution in [0.4, 0.5) is 10.6 Å². The molecule has 2 aromatic rings. The first kappa shape index (κ1) is 13.2. The van der Waals surface area contributed by atoms with Crippen LogP contribution in [0.25, 0.3) is 0 Å². The van der Waals surface area contributed by atoms with Crippen molar-refractivity contribution in [1.82, 2.24) is 4.98 Å². The Kier molecular flexibility index (Phi) is 4.20. The minimum atomic E-state index is -0.651. The second-order valence-corrected chi connectivity index (χ2v) is 4.15. The molecule has 1 heterocycles. The van der Waals surface area contributed by atoms with Gasteiger partial charge in [-0.25, -0.2) is 4.79 Å². The number of amides is 1. The molecule has 0 aliphatic rings. The highest BCUT2D eigenvalue weighted by Gasteiger charge is 2.05. The molecule has 0 spiro atoms. The number of rotatable bonds is 3. The number of halogens is 1. The molecule has 0 aliphatic heterocycles. The standard InChI is InChI=1S/C13H11ClN2O3/c14-10-7-15-12(6-11(10)17)16-13(18)19-8-9-4-2-1-3-5-9/h1-7H,8H2,(H2,15,16,17,18). The van der Waals surface area contributed by atoms with Crippen molar-refractivity contribution in [3.63, 3.8) is 0 Å². The number of aromatic amines is 1. The largest absolute Gasteiger partial charge is 0.444 e. The minimum Gasteiger partial charge on any atom is -0.444 e. The third-order valence-corrected chi connectivity index (χ3v) is 2.61. The van der Waals surface area contributed by atoms with Crippen LogP contribution in [0.15, 0.2) is 47.4 Å². The van der Waals surface area contributed by atoms with Gasteiger partial charge >= 0.3 is 6.09 Å². The predicted molar refractivity (Wildman–Crippen MR) is 72.3 cm³/mol. The monoisotopic (exact) mass is 278 g/mol. The van der Waals surface area contributed by atoms with E-state index in [4.69, 9.17) is 16.3 Å². The van der Waals surface area contributed by atoms with Crippen molar-refractivity contribution in [3.8, 4) is 0 Å². The predicted octanol–water partition coefficient (Wildman–Crippen LogP) is 2.78. The van der Waals surface area contributed by atoms with Crippen molar-refractivity contribution in [2.24, 2.45) is 0 Å². The summed E-state index contributed by atoms with van der Waals surface area (Å²) in [6.07, 6.45) is 0.651. The van der Waals surface area contributed by atoms with Crippen molar-refractivity contribution in [2.75, 3.05) is 5.32 Å². The Morgan fingerprint density at radius 3 is 2.74 bits per heavy atom. The van der Waals surface area contributed by atoms with E-state index in [1.807, 2.05) is 30.3 Å². The Bertz CT molecular complexity index is 625. The first-order valence-corrected chi connectivity index (χ1v) is 5.89. The van der Waals surface area contributed by atoms with Crippen LogP contribution in [0.1, 0.15) is 5.56 Å². The maximum atomic E-state index is 11.5. The third kappa shape index (κ3) is 3.86. The summed E-state index contributed by atoms with van der Waals surface area (Å²) >= 11 is 5.57. The topological polar surface area (TPSA) is 71.2 Å². The van der Waals surface area contributed by atoms with Crippen LogP contribution in [-0.4, -0.2) is 11.1 Å². The average Bonchev–Trinajstić information content (AvgIpc) is 2.42. The summed E-state index contributed by atoms with van der Waals surface area (Å²) in [5.41, 5.74) is 0.501. The van der Waals surface area contributed by atoms with Crippen LogP contribution in [0.3, 0.4) is 0 Å². The number of carbonyl (C=O) groups is 1. The van der Waals surface area contributed by atoms with E-state index in [2.05, 4.69) is 10.3 Å². The lowest BCUT2D eigenvalue weighted by Gasteiger charge is -2.06. The summed E-state index contributed by atoms with van der Waals surface area (Å²) in [7, 11) is 0. The maximum absolute atomic E-state index is 11.5. The normalized spacial score (nSPS) is 9.95. The van der Waals surface area contributed by atoms with Crippen molar-refractivity contribution in [3.05, 3.63) is 63.4 Å². The van der Waals surface area contributed by atoms with Crippen molar-refractivity contribution < 1.29 is 9.53 Å². The summed E-state index contributed by atoms with van der Waals surface area (Å²) in [5, 5.41) is 2.46. The van der Waals surface area contributed by atoms with Crippen LogP contribution >= 0.6 is 11.6 Å². The first-order chi connectivity index (χ1) is 9.15. The van der Waals surface area contributed by atoms with E-state index < -0.39 is 6.09 Å². The van der Waals surface area contributed by atoms with E-state index in [-0.39, 0.29) is 22.9 Å². The van der Waals surface area contributed by atoms with Crippen LogP contribution in [-0.2, 0) is 11.3 Å². The number of ether oxygens (including phenoxy) is 1. The molecule has 0 radical (unpaired) electrons. The number of nitrogens with one attached hydrogen (secondary N) is 2. The number of carbonyl (C=O) groups excluding carboxylic acids is 1. The molecular formula is C13H11ClN2O3. The number of hydrogen-bond donors (Lipinski definition) is 2. The van der Waals surface area contributed by atoms with E-state index >= 15 is 0 Å². The lowest BCUT2D eigenvalue weighted by molar-refractivity contribution is 0.155. The number of aromatic nitrogens is 1. The molecule has 0 aliphatic carbocycles. The minimum absolute atomic E-state index is 0.0585. The molecule has 1 aromatic carbocycles. The van der Waals surface area contributed by atoms with Crippen LogP contribution in [0, 0.1) is 0 Å². The molecule has 1 amide bonds. The van der Waals surface area contributed by atoms with Gasteiger partial charge in [0.1, 0.15) is 17.4 Å². The highest BCUT2D eigenvalue weighted by atomic mass is 35.5. The zero-order valence-electron chi connectivity index (χ0n) is 9.85. The van der Waals surface area contributed by atoms with Gasteiger partial charge in [0.2, 0.25) is 5.43 Å². The van der Waals surface area contributed by atoms with Gasteiger partial charge in [-0.1, -0.05) is 41.9 Å². The second-order valence-electron chi connectivity index (χ2n) is 3.75. The van der Waals surface area contributed by atoms with E-state index in [0.29, 0.717) is 0 Å². The zero-order valence-corrected chi connectivity index (χ0v) is 10.6. The summed E-state index contributed by atoms with van der Waals surface area (Å²) in [6.45, 7) is 0.157. The molecule has 0 atom stereocenters. The number of anilines is 1. The lowest BCUT2D eigenvalue weighted by atomic mass is 10.2. The smallest absolute Gasteiger partial charge is 0.413 e. The molecule has 1 aromatic heterocycles. The molecule has 0 saturated heterocycles. The zero-order chi connectivity index (χ0) is 13.7. The molecule has 0 saturated carbocycles. The van der Waals surface area contributed by atoms with Gasteiger partial charge in [0.25, 0.3) is 0 Å². The highest BCUT2D eigenvalue weighted by Crippen LogP contribution is 2.05. The average molecular weight is 279 g/mol. The van der Waals surface area contributed by atoms with Gasteiger partial charge in [-0.2, -0.15) is 0 Å². The van der Waals surface area contributed by atoms with Gasteiger partial charge in [0.05, 0.1) is 0 Å². The fraction of sp³-hybridized carbons (Fsp3) is 0.0769. The van der Waals surface area contributed by atoms with Crippen LogP contribution < -0.4 is 10.7 Å². The third-order valence-electron chi connectivity index (χ3n) is 2.31. The van der Waals surface area contributed by atoms with Crippen molar-refractivity contribution >= 4 is 23.5 Å². The quantitative estimate of drug-likeness (QED) is 0.907. The molecule has 98 valence electrons. The lowest BCUT2D eigenvalue weighted by Crippen LogP contribution is -2.16. The van der Waals surface area contributed by atoms with E-state index in [1.54, 1.807) is 0 Å². The molecule has 2 N–H and O–H groups in total. The second kappa shape index (κ2) is 6.06. The Morgan fingerprint density at radius 1 is 1.32 bits per heavy atom. The van der Waals surface area contributed by atoms with E-state index in [9.17, 15) is 9.59 Å². The van der Waals surface area contributed by atoms with Crippen LogP contribution in [0.2, 0.25) is 5.02 Å². The summed E-state index contributed by atoms with van der Waals surface area (Å²) < 4.78 is 5.00. The Morgan fingerprint density at radius 2 is 2.05 bits per heavy atom. The Hall–Kier alpha value is -2.27. The van der Waals surface area contributed by atoms with Crippen molar-refractivity contribution in [2.45, 2.75) is 6.61 Å². The fourth-order valence-electron chi connectivity index (χ4n) is 1.40. The number of H-pyrrole nitrogens is 1. The molecule has 0 fully saturated rings. The molecule has 19 heavy (non-hydrogen) atoms. The summed E-state index contributed by atoms with van der Waals surface area (Å²) in [5.74, 6) is 0.229. The summed E-state index contributed by atoms with van der Waals surface area (Å²) in [6, 6.07) is 10.5. The molecule has 6 heteroatoms. The van der Waals surface area contributed by atoms with Gasteiger partial charge in [0.15, 0.2) is 0 Å². The molecule has 0 unspecified atom stereocenters. The van der Waals surface area contributed by atoms with Crippen molar-refractivity contribution in [1.29, 1.82) is 0 Å². The molecule has 5 nitrogen and oxygen atoms in total. The number of hydrogen-bond acceptors (Lipinski definition) is 3. The Balaban J connectivity index is 1.91. The number of benzene rings is 1. The van der Waals surface area contributed by atoms with Crippen LogP contribution in [0.5, 0.6) is 0 Å². The van der Waals surface area contributed by atoms with E-state index in [0.717, 1.165) is 5.56 Å². The molecule has 0 bridgehead atoms. The Labute approximate surface area is 114 Å². The SMILES string of the molecule is O=C(Nc1cc(=O)c(Cl)c[nH]1)OCc1ccccc1. The highest BCUT2D eigenvalue weighted by molar-refractivity contribution is 6.30. The molecule has 2 rings (SSSR count). The van der Waals surface area contributed by atoms with Gasteiger partial charge in [-0.05, 0) is 5.56 Å². The number of pyridine rings is 1. The fourth-order valence-corrected chi connectivity index (χ4v) is 1.50.